The fourth-order valence-electron chi connectivity index (χ4n) is 5.52. The molecule has 1 aromatic carbocycles. The van der Waals surface area contributed by atoms with Crippen molar-refractivity contribution in [3.63, 3.8) is 0 Å². The highest BCUT2D eigenvalue weighted by molar-refractivity contribution is 6.06. The smallest absolute Gasteiger partial charge is 0.255 e. The summed E-state index contributed by atoms with van der Waals surface area (Å²) < 4.78 is 0. The summed E-state index contributed by atoms with van der Waals surface area (Å²) in [4.78, 5) is 41.1. The van der Waals surface area contributed by atoms with E-state index in [2.05, 4.69) is 10.2 Å². The van der Waals surface area contributed by atoms with Crippen LogP contribution in [0.2, 0.25) is 0 Å². The molecule has 7 heteroatoms. The molecule has 1 saturated carbocycles. The summed E-state index contributed by atoms with van der Waals surface area (Å²) in [5.74, 6) is -0.716. The number of carbonyl (C=O) groups is 3. The first kappa shape index (κ1) is 17.8. The van der Waals surface area contributed by atoms with Crippen molar-refractivity contribution in [3.8, 4) is 0 Å². The van der Waals surface area contributed by atoms with E-state index in [4.69, 9.17) is 5.73 Å². The maximum Gasteiger partial charge on any atom is 0.255 e. The highest BCUT2D eigenvalue weighted by Gasteiger charge is 2.49. The molecule has 7 nitrogen and oxygen atoms in total. The number of nitrogens with two attached hydrogens (primary N) is 1. The number of hydrogen-bond acceptors (Lipinski definition) is 5. The molecule has 1 aromatic rings. The minimum absolute atomic E-state index is 0.0914. The second-order valence-corrected chi connectivity index (χ2v) is 8.77. The lowest BCUT2D eigenvalue weighted by atomic mass is 9.74. The van der Waals surface area contributed by atoms with Crippen molar-refractivity contribution < 1.29 is 14.4 Å². The Labute approximate surface area is 164 Å². The van der Waals surface area contributed by atoms with Gasteiger partial charge in [0.25, 0.3) is 5.91 Å². The number of likely N-dealkylation sites (tertiary alicyclic amines) is 1. The third-order valence-electron chi connectivity index (χ3n) is 7.05. The first-order valence-corrected chi connectivity index (χ1v) is 10.2. The van der Waals surface area contributed by atoms with Crippen LogP contribution in [0.3, 0.4) is 0 Å². The molecule has 0 aromatic heterocycles. The SMILES string of the molecule is NC1CN(Cc2cccc3c2C(=O)N(C2CCC(=O)NC2=O)C3)C2(CCC2)C1. The van der Waals surface area contributed by atoms with Gasteiger partial charge in [0.15, 0.2) is 0 Å². The Morgan fingerprint density at radius 3 is 2.75 bits per heavy atom. The molecule has 3 fully saturated rings. The van der Waals surface area contributed by atoms with E-state index in [1.807, 2.05) is 18.2 Å². The van der Waals surface area contributed by atoms with Crippen molar-refractivity contribution in [2.24, 2.45) is 5.73 Å². The van der Waals surface area contributed by atoms with E-state index in [0.29, 0.717) is 13.0 Å². The lowest BCUT2D eigenvalue weighted by Crippen LogP contribution is -2.52. The van der Waals surface area contributed by atoms with Crippen LogP contribution in [-0.2, 0) is 22.7 Å². The van der Waals surface area contributed by atoms with Crippen LogP contribution in [0, 0.1) is 0 Å². The van der Waals surface area contributed by atoms with Gasteiger partial charge >= 0.3 is 0 Å². The van der Waals surface area contributed by atoms with Crippen LogP contribution in [0.15, 0.2) is 18.2 Å². The van der Waals surface area contributed by atoms with Crippen LogP contribution in [0.5, 0.6) is 0 Å². The number of carbonyl (C=O) groups excluding carboxylic acids is 3. The third kappa shape index (κ3) is 2.68. The molecule has 4 aliphatic rings. The Balaban J connectivity index is 1.40. The number of amides is 3. The lowest BCUT2D eigenvalue weighted by Gasteiger charge is -2.46. The van der Waals surface area contributed by atoms with Gasteiger partial charge in [-0.2, -0.15) is 0 Å². The molecule has 2 unspecified atom stereocenters. The standard InChI is InChI=1S/C21H26N4O3/c22-15-9-21(7-2-8-21)24(12-15)10-13-3-1-4-14-11-25(20(28)18(13)14)16-5-6-17(26)23-19(16)27/h1,3-4,15-16H,2,5-12,22H2,(H,23,26,27). The maximum atomic E-state index is 13.2. The normalized spacial score (nSPS) is 29.2. The molecule has 148 valence electrons. The van der Waals surface area contributed by atoms with E-state index in [9.17, 15) is 14.4 Å². The molecule has 2 saturated heterocycles. The van der Waals surface area contributed by atoms with Crippen molar-refractivity contribution in [3.05, 3.63) is 34.9 Å². The number of imide groups is 1. The van der Waals surface area contributed by atoms with Gasteiger partial charge in [-0.05, 0) is 43.2 Å². The van der Waals surface area contributed by atoms with Crippen LogP contribution in [-0.4, -0.2) is 51.7 Å². The van der Waals surface area contributed by atoms with Gasteiger partial charge in [0.05, 0.1) is 0 Å². The highest BCUT2D eigenvalue weighted by atomic mass is 16.2. The number of piperidine rings is 1. The molecule has 1 spiro atoms. The largest absolute Gasteiger partial charge is 0.326 e. The van der Waals surface area contributed by atoms with Gasteiger partial charge in [-0.3, -0.25) is 24.6 Å². The van der Waals surface area contributed by atoms with Crippen LogP contribution in [0.4, 0.5) is 0 Å². The summed E-state index contributed by atoms with van der Waals surface area (Å²) in [6, 6.07) is 5.63. The van der Waals surface area contributed by atoms with E-state index in [1.165, 1.54) is 19.3 Å². The molecule has 2 atom stereocenters. The Morgan fingerprint density at radius 2 is 2.04 bits per heavy atom. The molecule has 28 heavy (non-hydrogen) atoms. The van der Waals surface area contributed by atoms with E-state index in [0.717, 1.165) is 36.2 Å². The molecule has 3 amide bonds. The van der Waals surface area contributed by atoms with Gasteiger partial charge in [0.1, 0.15) is 6.04 Å². The fourth-order valence-corrected chi connectivity index (χ4v) is 5.52. The maximum absolute atomic E-state index is 13.2. The predicted molar refractivity (Wildman–Crippen MR) is 102 cm³/mol. The van der Waals surface area contributed by atoms with Crippen LogP contribution < -0.4 is 11.1 Å². The van der Waals surface area contributed by atoms with Crippen molar-refractivity contribution in [2.45, 2.75) is 69.2 Å². The molecule has 1 aliphatic carbocycles. The molecule has 0 bridgehead atoms. The van der Waals surface area contributed by atoms with Crippen LogP contribution in [0.25, 0.3) is 0 Å². The van der Waals surface area contributed by atoms with Crippen molar-refractivity contribution in [1.29, 1.82) is 0 Å². The van der Waals surface area contributed by atoms with Gasteiger partial charge < -0.3 is 10.6 Å². The molecule has 3 heterocycles. The second-order valence-electron chi connectivity index (χ2n) is 8.77. The molecule has 0 radical (unpaired) electrons. The Bertz CT molecular complexity index is 863. The number of hydrogen-bond donors (Lipinski definition) is 2. The number of nitrogens with zero attached hydrogens (tertiary/aromatic N) is 2. The van der Waals surface area contributed by atoms with E-state index >= 15 is 0 Å². The minimum Gasteiger partial charge on any atom is -0.326 e. The predicted octanol–water partition coefficient (Wildman–Crippen LogP) is 0.903. The van der Waals surface area contributed by atoms with Crippen LogP contribution >= 0.6 is 0 Å². The van der Waals surface area contributed by atoms with Gasteiger partial charge in [-0.15, -0.1) is 0 Å². The summed E-state index contributed by atoms with van der Waals surface area (Å²) >= 11 is 0. The van der Waals surface area contributed by atoms with Gasteiger partial charge in [-0.25, -0.2) is 0 Å². The zero-order chi connectivity index (χ0) is 19.5. The fraction of sp³-hybridized carbons (Fsp3) is 0.571. The minimum atomic E-state index is -0.566. The zero-order valence-corrected chi connectivity index (χ0v) is 15.9. The van der Waals surface area contributed by atoms with E-state index < -0.39 is 6.04 Å². The Morgan fingerprint density at radius 1 is 1.21 bits per heavy atom. The summed E-state index contributed by atoms with van der Waals surface area (Å²) in [6.07, 6.45) is 5.33. The second kappa shape index (κ2) is 6.39. The molecule has 3 N–H and O–H groups in total. The summed E-state index contributed by atoms with van der Waals surface area (Å²) in [5, 5.41) is 2.36. The number of nitrogens with one attached hydrogen (secondary N) is 1. The molecular formula is C21H26N4O3. The first-order chi connectivity index (χ1) is 13.5. The van der Waals surface area contributed by atoms with Gasteiger partial charge in [-0.1, -0.05) is 18.2 Å². The average Bonchev–Trinajstić information content (AvgIpc) is 3.13. The third-order valence-corrected chi connectivity index (χ3v) is 7.05. The zero-order valence-electron chi connectivity index (χ0n) is 15.9. The van der Waals surface area contributed by atoms with Crippen molar-refractivity contribution >= 4 is 17.7 Å². The molecule has 5 rings (SSSR count). The monoisotopic (exact) mass is 382 g/mol. The topological polar surface area (TPSA) is 95.7 Å². The van der Waals surface area contributed by atoms with Crippen LogP contribution in [0.1, 0.15) is 60.0 Å². The van der Waals surface area contributed by atoms with Gasteiger partial charge in [0.2, 0.25) is 11.8 Å². The quantitative estimate of drug-likeness (QED) is 0.758. The Kier molecular flexibility index (Phi) is 4.07. The van der Waals surface area contributed by atoms with E-state index in [1.54, 1.807) is 4.90 Å². The Hall–Kier alpha value is -2.25. The number of fused-ring (bicyclic) bond motifs is 1. The summed E-state index contributed by atoms with van der Waals surface area (Å²) in [5.41, 5.74) is 9.21. The number of rotatable bonds is 3. The lowest BCUT2D eigenvalue weighted by molar-refractivity contribution is -0.136. The first-order valence-electron chi connectivity index (χ1n) is 10.2. The van der Waals surface area contributed by atoms with E-state index in [-0.39, 0.29) is 35.7 Å². The highest BCUT2D eigenvalue weighted by Crippen LogP contribution is 2.46. The number of benzene rings is 1. The van der Waals surface area contributed by atoms with Gasteiger partial charge in [0, 0.05) is 43.2 Å². The summed E-state index contributed by atoms with van der Waals surface area (Å²) in [6.45, 7) is 2.03. The molecular weight excluding hydrogens is 356 g/mol. The molecule has 3 aliphatic heterocycles. The summed E-state index contributed by atoms with van der Waals surface area (Å²) in [7, 11) is 0. The van der Waals surface area contributed by atoms with Crippen molar-refractivity contribution in [2.75, 3.05) is 6.54 Å². The van der Waals surface area contributed by atoms with Crippen molar-refractivity contribution in [1.82, 2.24) is 15.1 Å². The average molecular weight is 382 g/mol.